The lowest BCUT2D eigenvalue weighted by Gasteiger charge is -2.11. The standard InChI is InChI=1S/C14H12Cl2IN/c1-9-2-4-12(17)7-14(9)18-8-10-6-11(15)3-5-13(10)16/h2-7,18H,8H2,1H3. The van der Waals surface area contributed by atoms with Crippen LogP contribution in [0.15, 0.2) is 36.4 Å². The largest absolute Gasteiger partial charge is 0.381 e. The second-order valence-electron chi connectivity index (χ2n) is 4.05. The third-order valence-corrected chi connectivity index (χ3v) is 3.95. The topological polar surface area (TPSA) is 12.0 Å². The Balaban J connectivity index is 2.16. The van der Waals surface area contributed by atoms with E-state index < -0.39 is 0 Å². The predicted octanol–water partition coefficient (Wildman–Crippen LogP) is 5.52. The molecule has 0 spiro atoms. The molecule has 0 aliphatic carbocycles. The lowest BCUT2D eigenvalue weighted by Crippen LogP contribution is -2.02. The Morgan fingerprint density at radius 2 is 1.89 bits per heavy atom. The maximum atomic E-state index is 6.13. The first-order chi connectivity index (χ1) is 8.56. The number of benzene rings is 2. The smallest absolute Gasteiger partial charge is 0.0456 e. The molecule has 0 atom stereocenters. The molecule has 0 aliphatic heterocycles. The molecule has 4 heteroatoms. The minimum atomic E-state index is 0.667. The first-order valence-electron chi connectivity index (χ1n) is 5.50. The summed E-state index contributed by atoms with van der Waals surface area (Å²) in [6, 6.07) is 11.8. The number of halogens is 3. The summed E-state index contributed by atoms with van der Waals surface area (Å²) in [5.74, 6) is 0. The van der Waals surface area contributed by atoms with E-state index in [1.54, 1.807) is 6.07 Å². The van der Waals surface area contributed by atoms with E-state index in [0.29, 0.717) is 11.6 Å². The third kappa shape index (κ3) is 3.53. The number of aryl methyl sites for hydroxylation is 1. The molecule has 2 aromatic rings. The van der Waals surface area contributed by atoms with Gasteiger partial charge in [0.2, 0.25) is 0 Å². The molecule has 0 unspecified atom stereocenters. The summed E-state index contributed by atoms with van der Waals surface area (Å²) in [5, 5.41) is 4.83. The maximum absolute atomic E-state index is 6.13. The summed E-state index contributed by atoms with van der Waals surface area (Å²) in [5.41, 5.74) is 3.34. The Bertz CT molecular complexity index is 518. The monoisotopic (exact) mass is 391 g/mol. The molecule has 1 nitrogen and oxygen atoms in total. The van der Waals surface area contributed by atoms with Gasteiger partial charge in [0.05, 0.1) is 0 Å². The van der Waals surface area contributed by atoms with Gasteiger partial charge in [-0.3, -0.25) is 0 Å². The molecule has 0 aliphatic rings. The van der Waals surface area contributed by atoms with Crippen LogP contribution in [0.3, 0.4) is 0 Å². The van der Waals surface area contributed by atoms with Gasteiger partial charge in [0, 0.05) is 25.8 Å². The molecule has 0 saturated heterocycles. The molecule has 0 aromatic heterocycles. The lowest BCUT2D eigenvalue weighted by molar-refractivity contribution is 1.14. The van der Waals surface area contributed by atoms with E-state index >= 15 is 0 Å². The molecule has 0 heterocycles. The van der Waals surface area contributed by atoms with Crippen LogP contribution in [0.4, 0.5) is 5.69 Å². The first-order valence-corrected chi connectivity index (χ1v) is 7.33. The van der Waals surface area contributed by atoms with E-state index in [1.807, 2.05) is 12.1 Å². The van der Waals surface area contributed by atoms with Crippen LogP contribution in [0.25, 0.3) is 0 Å². The van der Waals surface area contributed by atoms with Crippen molar-refractivity contribution < 1.29 is 0 Å². The van der Waals surface area contributed by atoms with Crippen molar-refractivity contribution in [2.24, 2.45) is 0 Å². The fraction of sp³-hybridized carbons (Fsp3) is 0.143. The van der Waals surface area contributed by atoms with Crippen molar-refractivity contribution in [3.63, 3.8) is 0 Å². The zero-order valence-corrected chi connectivity index (χ0v) is 13.5. The van der Waals surface area contributed by atoms with Crippen LogP contribution in [0.2, 0.25) is 10.0 Å². The number of nitrogens with one attached hydrogen (secondary N) is 1. The van der Waals surface area contributed by atoms with E-state index in [4.69, 9.17) is 23.2 Å². The van der Waals surface area contributed by atoms with Crippen LogP contribution in [0, 0.1) is 10.5 Å². The molecular formula is C14H12Cl2IN. The van der Waals surface area contributed by atoms with Gasteiger partial charge in [-0.05, 0) is 71.0 Å². The van der Waals surface area contributed by atoms with Gasteiger partial charge in [-0.2, -0.15) is 0 Å². The number of rotatable bonds is 3. The SMILES string of the molecule is Cc1ccc(I)cc1NCc1cc(Cl)ccc1Cl. The molecule has 1 N–H and O–H groups in total. The molecular weight excluding hydrogens is 380 g/mol. The van der Waals surface area contributed by atoms with E-state index in [9.17, 15) is 0 Å². The van der Waals surface area contributed by atoms with E-state index in [1.165, 1.54) is 9.13 Å². The van der Waals surface area contributed by atoms with Crippen molar-refractivity contribution in [1.82, 2.24) is 0 Å². The summed E-state index contributed by atoms with van der Waals surface area (Å²) >= 11 is 14.4. The van der Waals surface area contributed by atoms with Crippen LogP contribution in [-0.4, -0.2) is 0 Å². The van der Waals surface area contributed by atoms with Gasteiger partial charge in [-0.1, -0.05) is 29.3 Å². The molecule has 0 fully saturated rings. The highest BCUT2D eigenvalue weighted by Crippen LogP contribution is 2.23. The van der Waals surface area contributed by atoms with Gasteiger partial charge < -0.3 is 5.32 Å². The van der Waals surface area contributed by atoms with Crippen molar-refractivity contribution in [2.45, 2.75) is 13.5 Å². The highest BCUT2D eigenvalue weighted by molar-refractivity contribution is 14.1. The Morgan fingerprint density at radius 3 is 2.67 bits per heavy atom. The van der Waals surface area contributed by atoms with Crippen LogP contribution in [-0.2, 0) is 6.54 Å². The zero-order chi connectivity index (χ0) is 13.1. The predicted molar refractivity (Wildman–Crippen MR) is 87.7 cm³/mol. The zero-order valence-electron chi connectivity index (χ0n) is 9.81. The molecule has 2 aromatic carbocycles. The summed E-state index contributed by atoms with van der Waals surface area (Å²) in [4.78, 5) is 0. The maximum Gasteiger partial charge on any atom is 0.0456 e. The molecule has 2 rings (SSSR count). The highest BCUT2D eigenvalue weighted by Gasteiger charge is 2.03. The summed E-state index contributed by atoms with van der Waals surface area (Å²) in [6.07, 6.45) is 0. The van der Waals surface area contributed by atoms with Crippen molar-refractivity contribution in [3.8, 4) is 0 Å². The number of hydrogen-bond acceptors (Lipinski definition) is 1. The van der Waals surface area contributed by atoms with Crippen molar-refractivity contribution in [2.75, 3.05) is 5.32 Å². The van der Waals surface area contributed by atoms with Gasteiger partial charge in [0.25, 0.3) is 0 Å². The van der Waals surface area contributed by atoms with Crippen molar-refractivity contribution >= 4 is 51.5 Å². The van der Waals surface area contributed by atoms with Gasteiger partial charge in [0.15, 0.2) is 0 Å². The fourth-order valence-electron chi connectivity index (χ4n) is 1.65. The third-order valence-electron chi connectivity index (χ3n) is 2.68. The Hall–Kier alpha value is -0.450. The first kappa shape index (κ1) is 14.0. The molecule has 0 amide bonds. The average Bonchev–Trinajstić information content (AvgIpc) is 2.34. The van der Waals surface area contributed by atoms with Gasteiger partial charge in [0.1, 0.15) is 0 Å². The second kappa shape index (κ2) is 6.13. The van der Waals surface area contributed by atoms with Gasteiger partial charge >= 0.3 is 0 Å². The quantitative estimate of drug-likeness (QED) is 0.679. The Labute approximate surface area is 131 Å². The summed E-state index contributed by atoms with van der Waals surface area (Å²) in [7, 11) is 0. The van der Waals surface area contributed by atoms with Crippen LogP contribution in [0.5, 0.6) is 0 Å². The van der Waals surface area contributed by atoms with Gasteiger partial charge in [-0.25, -0.2) is 0 Å². The van der Waals surface area contributed by atoms with E-state index in [0.717, 1.165) is 16.3 Å². The minimum absolute atomic E-state index is 0.667. The van der Waals surface area contributed by atoms with Crippen molar-refractivity contribution in [3.05, 3.63) is 61.1 Å². The fourth-order valence-corrected chi connectivity index (χ4v) is 2.52. The molecule has 0 saturated carbocycles. The number of hydrogen-bond donors (Lipinski definition) is 1. The minimum Gasteiger partial charge on any atom is -0.381 e. The molecule has 0 bridgehead atoms. The Morgan fingerprint density at radius 1 is 1.11 bits per heavy atom. The molecule has 0 radical (unpaired) electrons. The van der Waals surface area contributed by atoms with E-state index in [2.05, 4.69) is 53.0 Å². The molecule has 94 valence electrons. The van der Waals surface area contributed by atoms with Gasteiger partial charge in [-0.15, -0.1) is 0 Å². The van der Waals surface area contributed by atoms with Crippen LogP contribution >= 0.6 is 45.8 Å². The number of anilines is 1. The lowest BCUT2D eigenvalue weighted by atomic mass is 10.2. The highest BCUT2D eigenvalue weighted by atomic mass is 127. The average molecular weight is 392 g/mol. The second-order valence-corrected chi connectivity index (χ2v) is 6.14. The molecule has 18 heavy (non-hydrogen) atoms. The normalized spacial score (nSPS) is 10.4. The summed E-state index contributed by atoms with van der Waals surface area (Å²) in [6.45, 7) is 2.75. The van der Waals surface area contributed by atoms with E-state index in [-0.39, 0.29) is 0 Å². The van der Waals surface area contributed by atoms with Crippen LogP contribution in [0.1, 0.15) is 11.1 Å². The van der Waals surface area contributed by atoms with Crippen LogP contribution < -0.4 is 5.32 Å². The Kier molecular flexibility index (Phi) is 4.76. The van der Waals surface area contributed by atoms with Crippen molar-refractivity contribution in [1.29, 1.82) is 0 Å². The summed E-state index contributed by atoms with van der Waals surface area (Å²) < 4.78 is 1.21.